The summed E-state index contributed by atoms with van der Waals surface area (Å²) < 4.78 is 0. The zero-order valence-corrected chi connectivity index (χ0v) is 11.7. The summed E-state index contributed by atoms with van der Waals surface area (Å²) in [4.78, 5) is 10.6. The van der Waals surface area contributed by atoms with Gasteiger partial charge in [-0.05, 0) is 38.2 Å². The average Bonchev–Trinajstić information content (AvgIpc) is 2.90. The van der Waals surface area contributed by atoms with Crippen LogP contribution in [0.25, 0.3) is 0 Å². The molecule has 1 N–H and O–H groups in total. The normalized spacial score (nSPS) is 17.6. The van der Waals surface area contributed by atoms with E-state index in [4.69, 9.17) is 0 Å². The Labute approximate surface area is 114 Å². The summed E-state index contributed by atoms with van der Waals surface area (Å²) in [6, 6.07) is 5.79. The number of hydrogen-bond acceptors (Lipinski definition) is 3. The average molecular weight is 262 g/mol. The van der Waals surface area contributed by atoms with Crippen LogP contribution in [0.5, 0.6) is 0 Å². The van der Waals surface area contributed by atoms with Crippen LogP contribution in [0.1, 0.15) is 43.7 Å². The van der Waals surface area contributed by atoms with Crippen molar-refractivity contribution in [1.82, 2.24) is 5.32 Å². The van der Waals surface area contributed by atoms with Crippen LogP contribution in [0.15, 0.2) is 18.2 Å². The van der Waals surface area contributed by atoms with Crippen LogP contribution in [0.4, 0.5) is 5.69 Å². The van der Waals surface area contributed by atoms with Crippen LogP contribution >= 0.6 is 0 Å². The molecular formula is C15H22N2O2. The van der Waals surface area contributed by atoms with E-state index in [2.05, 4.69) is 12.2 Å². The number of nitrogens with one attached hydrogen (secondary N) is 1. The number of nitro groups is 1. The topological polar surface area (TPSA) is 55.2 Å². The summed E-state index contributed by atoms with van der Waals surface area (Å²) in [6.45, 7) is 4.77. The van der Waals surface area contributed by atoms with Crippen molar-refractivity contribution in [1.29, 1.82) is 0 Å². The quantitative estimate of drug-likeness (QED) is 0.652. The fourth-order valence-electron chi connectivity index (χ4n) is 2.95. The highest BCUT2D eigenvalue weighted by Crippen LogP contribution is 2.28. The molecule has 0 bridgehead atoms. The summed E-state index contributed by atoms with van der Waals surface area (Å²) in [6.07, 6.45) is 5.29. The highest BCUT2D eigenvalue weighted by atomic mass is 16.6. The molecule has 1 fully saturated rings. The third-order valence-electron chi connectivity index (χ3n) is 4.34. The van der Waals surface area contributed by atoms with Crippen LogP contribution in [0.3, 0.4) is 0 Å². The molecule has 4 nitrogen and oxygen atoms in total. The molecule has 1 aliphatic rings. The molecule has 0 aromatic heterocycles. The van der Waals surface area contributed by atoms with E-state index in [1.807, 2.05) is 13.0 Å². The maximum Gasteiger partial charge on any atom is 0.272 e. The first-order chi connectivity index (χ1) is 9.09. The Balaban J connectivity index is 1.99. The van der Waals surface area contributed by atoms with Crippen molar-refractivity contribution in [2.75, 3.05) is 0 Å². The molecule has 4 heteroatoms. The second kappa shape index (κ2) is 6.15. The van der Waals surface area contributed by atoms with E-state index in [0.29, 0.717) is 12.6 Å². The minimum absolute atomic E-state index is 0.216. The molecule has 104 valence electrons. The van der Waals surface area contributed by atoms with Gasteiger partial charge in [0, 0.05) is 24.2 Å². The van der Waals surface area contributed by atoms with E-state index in [0.717, 1.165) is 17.0 Å². The van der Waals surface area contributed by atoms with E-state index >= 15 is 0 Å². The van der Waals surface area contributed by atoms with Gasteiger partial charge in [-0.1, -0.05) is 25.0 Å². The standard InChI is InChI=1S/C15H22N2O2/c1-11-14(8-5-9-15(11)17(18)19)10-16-12(2)13-6-3-4-7-13/h5,8-9,12-13,16H,3-4,6-7,10H2,1-2H3/t12-/m0/s1. The van der Waals surface area contributed by atoms with E-state index in [1.54, 1.807) is 12.1 Å². The second-order valence-electron chi connectivity index (χ2n) is 5.53. The summed E-state index contributed by atoms with van der Waals surface area (Å²) in [5.74, 6) is 0.763. The molecule has 0 heterocycles. The minimum Gasteiger partial charge on any atom is -0.310 e. The van der Waals surface area contributed by atoms with Crippen molar-refractivity contribution in [3.8, 4) is 0 Å². The van der Waals surface area contributed by atoms with Gasteiger partial charge in [-0.15, -0.1) is 0 Å². The molecule has 1 aliphatic carbocycles. The molecule has 0 aliphatic heterocycles. The van der Waals surface area contributed by atoms with Crippen molar-refractivity contribution in [2.24, 2.45) is 5.92 Å². The molecule has 0 saturated heterocycles. The first-order valence-corrected chi connectivity index (χ1v) is 7.06. The van der Waals surface area contributed by atoms with Crippen LogP contribution in [-0.2, 0) is 6.54 Å². The van der Waals surface area contributed by atoms with E-state index in [9.17, 15) is 10.1 Å². The molecule has 1 atom stereocenters. The van der Waals surface area contributed by atoms with Gasteiger partial charge in [0.15, 0.2) is 0 Å². The van der Waals surface area contributed by atoms with Gasteiger partial charge in [0.2, 0.25) is 0 Å². The summed E-state index contributed by atoms with van der Waals surface area (Å²) in [5.41, 5.74) is 2.02. The molecule has 19 heavy (non-hydrogen) atoms. The molecule has 0 unspecified atom stereocenters. The zero-order chi connectivity index (χ0) is 13.8. The Kier molecular flexibility index (Phi) is 4.53. The number of nitro benzene ring substituents is 1. The minimum atomic E-state index is -0.306. The third-order valence-corrected chi connectivity index (χ3v) is 4.34. The van der Waals surface area contributed by atoms with Gasteiger partial charge >= 0.3 is 0 Å². The first kappa shape index (κ1) is 14.0. The monoisotopic (exact) mass is 262 g/mol. The number of rotatable bonds is 5. The number of nitrogens with zero attached hydrogens (tertiary/aromatic N) is 1. The molecule has 2 rings (SSSR count). The fourth-order valence-corrected chi connectivity index (χ4v) is 2.95. The number of benzene rings is 1. The molecule has 1 saturated carbocycles. The number of hydrogen-bond donors (Lipinski definition) is 1. The molecule has 1 aromatic rings. The lowest BCUT2D eigenvalue weighted by Crippen LogP contribution is -2.31. The van der Waals surface area contributed by atoms with E-state index in [-0.39, 0.29) is 10.6 Å². The molecule has 0 spiro atoms. The Morgan fingerprint density at radius 2 is 2.11 bits per heavy atom. The predicted octanol–water partition coefficient (Wildman–Crippen LogP) is 3.57. The third kappa shape index (κ3) is 3.32. The van der Waals surface area contributed by atoms with Crippen LogP contribution in [0.2, 0.25) is 0 Å². The lowest BCUT2D eigenvalue weighted by molar-refractivity contribution is -0.385. The molecule has 1 aromatic carbocycles. The van der Waals surface area contributed by atoms with Crippen LogP contribution < -0.4 is 5.32 Å². The van der Waals surface area contributed by atoms with Gasteiger partial charge in [-0.25, -0.2) is 0 Å². The maximum atomic E-state index is 10.9. The van der Waals surface area contributed by atoms with Crippen LogP contribution in [-0.4, -0.2) is 11.0 Å². The maximum absolute atomic E-state index is 10.9. The van der Waals surface area contributed by atoms with E-state index in [1.165, 1.54) is 25.7 Å². The summed E-state index contributed by atoms with van der Waals surface area (Å²) in [7, 11) is 0. The molecule has 0 amide bonds. The van der Waals surface area contributed by atoms with Crippen LogP contribution in [0, 0.1) is 23.0 Å². The molecule has 0 radical (unpaired) electrons. The first-order valence-electron chi connectivity index (χ1n) is 7.06. The fraction of sp³-hybridized carbons (Fsp3) is 0.600. The highest BCUT2D eigenvalue weighted by Gasteiger charge is 2.21. The lowest BCUT2D eigenvalue weighted by Gasteiger charge is -2.20. The Bertz CT molecular complexity index is 453. The van der Waals surface area contributed by atoms with Crippen molar-refractivity contribution in [2.45, 2.75) is 52.1 Å². The van der Waals surface area contributed by atoms with Gasteiger partial charge in [-0.3, -0.25) is 10.1 Å². The van der Waals surface area contributed by atoms with Gasteiger partial charge in [-0.2, -0.15) is 0 Å². The van der Waals surface area contributed by atoms with Crippen molar-refractivity contribution < 1.29 is 4.92 Å². The Morgan fingerprint density at radius 3 is 2.74 bits per heavy atom. The highest BCUT2D eigenvalue weighted by molar-refractivity contribution is 5.44. The Hall–Kier alpha value is -1.42. The smallest absolute Gasteiger partial charge is 0.272 e. The van der Waals surface area contributed by atoms with Crippen molar-refractivity contribution in [3.05, 3.63) is 39.4 Å². The van der Waals surface area contributed by atoms with E-state index < -0.39 is 0 Å². The van der Waals surface area contributed by atoms with Crippen molar-refractivity contribution in [3.63, 3.8) is 0 Å². The van der Waals surface area contributed by atoms with Gasteiger partial charge in [0.1, 0.15) is 0 Å². The molecular weight excluding hydrogens is 240 g/mol. The lowest BCUT2D eigenvalue weighted by atomic mass is 9.99. The SMILES string of the molecule is Cc1c(CN[C@@H](C)C2CCCC2)cccc1[N+](=O)[O-]. The summed E-state index contributed by atoms with van der Waals surface area (Å²) >= 11 is 0. The van der Waals surface area contributed by atoms with Gasteiger partial charge in [0.05, 0.1) is 4.92 Å². The zero-order valence-electron chi connectivity index (χ0n) is 11.7. The second-order valence-corrected chi connectivity index (χ2v) is 5.53. The van der Waals surface area contributed by atoms with Gasteiger partial charge < -0.3 is 5.32 Å². The predicted molar refractivity (Wildman–Crippen MR) is 76.1 cm³/mol. The summed E-state index contributed by atoms with van der Waals surface area (Å²) in [5, 5.41) is 14.4. The van der Waals surface area contributed by atoms with Gasteiger partial charge in [0.25, 0.3) is 5.69 Å². The Morgan fingerprint density at radius 1 is 1.42 bits per heavy atom. The van der Waals surface area contributed by atoms with Crippen molar-refractivity contribution >= 4 is 5.69 Å². The largest absolute Gasteiger partial charge is 0.310 e.